The van der Waals surface area contributed by atoms with Gasteiger partial charge in [-0.2, -0.15) is 0 Å². The number of Topliss-reactive ketones (excluding diaryl/α,β-unsaturated/α-hetero) is 1. The number of carbonyl (C=O) groups is 2. The van der Waals surface area contributed by atoms with Crippen LogP contribution in [0.25, 0.3) is 0 Å². The van der Waals surface area contributed by atoms with Crippen LogP contribution in [-0.4, -0.2) is 93.9 Å². The lowest BCUT2D eigenvalue weighted by molar-refractivity contribution is -0.277. The smallest absolute Gasteiger partial charge is 0.338 e. The van der Waals surface area contributed by atoms with E-state index >= 15 is 0 Å². The Morgan fingerprint density at radius 3 is 2.30 bits per heavy atom. The van der Waals surface area contributed by atoms with Gasteiger partial charge in [0.2, 0.25) is 12.0 Å². The summed E-state index contributed by atoms with van der Waals surface area (Å²) < 4.78 is 33.6. The fourth-order valence-electron chi connectivity index (χ4n) is 5.06. The number of phenols is 3. The first-order chi connectivity index (χ1) is 21.1. The van der Waals surface area contributed by atoms with Crippen LogP contribution in [0.4, 0.5) is 0 Å². The third kappa shape index (κ3) is 5.75. The van der Waals surface area contributed by atoms with Gasteiger partial charge in [-0.15, -0.1) is 0 Å². The average molecular weight is 615 g/mol. The standard InChI is InChI=1S/C30H30O14/c1-39-21-11-18(35)23-17(34)10-20(41-27(23)26(21)40-2)16-9-15(33)7-8-19(16)42-30-25(37)28(24(36)22(12-31)43-30)44-29(38)13-3-5-14(32)6-4-13/h3-9,11,20,22,24-25,28,30-33,35-37H,10,12H2,1-2H3/t20-,22+,24+,25+,28-,30+/m0/s1. The molecule has 1 saturated heterocycles. The van der Waals surface area contributed by atoms with E-state index in [4.69, 9.17) is 28.4 Å². The molecule has 5 rings (SSSR count). The molecule has 0 amide bonds. The molecule has 0 unspecified atom stereocenters. The van der Waals surface area contributed by atoms with Gasteiger partial charge in [-0.05, 0) is 42.5 Å². The summed E-state index contributed by atoms with van der Waals surface area (Å²) in [5, 5.41) is 61.9. The highest BCUT2D eigenvalue weighted by Crippen LogP contribution is 2.51. The Labute approximate surface area is 250 Å². The number of hydrogen-bond acceptors (Lipinski definition) is 14. The monoisotopic (exact) mass is 614 g/mol. The molecule has 3 aromatic carbocycles. The molecule has 14 nitrogen and oxygen atoms in total. The molecule has 0 bridgehead atoms. The topological polar surface area (TPSA) is 211 Å². The molecule has 14 heteroatoms. The van der Waals surface area contributed by atoms with Gasteiger partial charge in [0.25, 0.3) is 0 Å². The number of hydrogen-bond donors (Lipinski definition) is 6. The molecule has 0 aliphatic carbocycles. The number of ether oxygens (including phenoxy) is 6. The number of esters is 1. The molecule has 2 aliphatic heterocycles. The molecule has 2 aliphatic rings. The second kappa shape index (κ2) is 12.5. The van der Waals surface area contributed by atoms with E-state index < -0.39 is 55.2 Å². The minimum atomic E-state index is -1.79. The van der Waals surface area contributed by atoms with E-state index in [1.807, 2.05) is 0 Å². The van der Waals surface area contributed by atoms with Gasteiger partial charge in [-0.25, -0.2) is 4.79 Å². The van der Waals surface area contributed by atoms with Crippen molar-refractivity contribution in [1.29, 1.82) is 0 Å². The maximum absolute atomic E-state index is 13.2. The van der Waals surface area contributed by atoms with Crippen LogP contribution < -0.4 is 18.9 Å². The third-order valence-electron chi connectivity index (χ3n) is 7.27. The van der Waals surface area contributed by atoms with Crippen LogP contribution in [0.3, 0.4) is 0 Å². The molecule has 234 valence electrons. The minimum Gasteiger partial charge on any atom is -0.508 e. The first-order valence-corrected chi connectivity index (χ1v) is 13.4. The molecule has 6 N–H and O–H groups in total. The van der Waals surface area contributed by atoms with Gasteiger partial charge < -0.3 is 59.1 Å². The maximum Gasteiger partial charge on any atom is 0.338 e. The molecule has 1 fully saturated rings. The van der Waals surface area contributed by atoms with Crippen molar-refractivity contribution < 1.29 is 68.6 Å². The summed E-state index contributed by atoms with van der Waals surface area (Å²) in [6.07, 6.45) is -9.42. The van der Waals surface area contributed by atoms with Crippen LogP contribution in [0.15, 0.2) is 48.5 Å². The molecule has 0 radical (unpaired) electrons. The lowest BCUT2D eigenvalue weighted by Crippen LogP contribution is -2.61. The molecular formula is C30H30O14. The van der Waals surface area contributed by atoms with Gasteiger partial charge in [0, 0.05) is 11.6 Å². The van der Waals surface area contributed by atoms with Gasteiger partial charge >= 0.3 is 5.97 Å². The number of ketones is 1. The van der Waals surface area contributed by atoms with E-state index in [2.05, 4.69) is 0 Å². The van der Waals surface area contributed by atoms with E-state index in [0.717, 1.165) is 0 Å². The lowest BCUT2D eigenvalue weighted by Gasteiger charge is -2.41. The normalized spacial score (nSPS) is 24.5. The SMILES string of the molecule is COc1cc(O)c2c(c1OC)O[C@H](c1cc(O)ccc1O[C@@H]1O[C@H](CO)[C@@H](O)[C@H](OC(=O)c3ccc(O)cc3)[C@H]1O)CC2=O. The molecule has 0 saturated carbocycles. The highest BCUT2D eigenvalue weighted by Gasteiger charge is 2.48. The van der Waals surface area contributed by atoms with Crippen LogP contribution in [0, 0.1) is 0 Å². The predicted octanol–water partition coefficient (Wildman–Crippen LogP) is 1.57. The van der Waals surface area contributed by atoms with E-state index in [1.165, 1.54) is 62.8 Å². The molecule has 2 heterocycles. The average Bonchev–Trinajstić information content (AvgIpc) is 3.01. The highest BCUT2D eigenvalue weighted by atomic mass is 16.7. The van der Waals surface area contributed by atoms with Crippen LogP contribution >= 0.6 is 0 Å². The minimum absolute atomic E-state index is 0.0185. The molecule has 3 aromatic rings. The van der Waals surface area contributed by atoms with Gasteiger partial charge in [0.15, 0.2) is 29.5 Å². The number of fused-ring (bicyclic) bond motifs is 1. The molecule has 44 heavy (non-hydrogen) atoms. The number of carbonyl (C=O) groups excluding carboxylic acids is 2. The Hall–Kier alpha value is -4.76. The summed E-state index contributed by atoms with van der Waals surface area (Å²) in [7, 11) is 2.67. The summed E-state index contributed by atoms with van der Waals surface area (Å²) in [4.78, 5) is 25.9. The van der Waals surface area contributed by atoms with Gasteiger partial charge in [0.1, 0.15) is 46.9 Å². The number of phenolic OH excluding ortho intramolecular Hbond substituents is 3. The summed E-state index contributed by atoms with van der Waals surface area (Å²) in [6, 6.07) is 10.1. The molecule has 6 atom stereocenters. The zero-order chi connectivity index (χ0) is 31.7. The summed E-state index contributed by atoms with van der Waals surface area (Å²) >= 11 is 0. The molecular weight excluding hydrogens is 584 g/mol. The zero-order valence-corrected chi connectivity index (χ0v) is 23.4. The van der Waals surface area contributed by atoms with Gasteiger partial charge in [-0.3, -0.25) is 4.79 Å². The van der Waals surface area contributed by atoms with Crippen molar-refractivity contribution in [1.82, 2.24) is 0 Å². The summed E-state index contributed by atoms with van der Waals surface area (Å²) in [5.74, 6) is -2.12. The molecule has 0 spiro atoms. The Kier molecular flexibility index (Phi) is 8.69. The third-order valence-corrected chi connectivity index (χ3v) is 7.27. The predicted molar refractivity (Wildman–Crippen MR) is 147 cm³/mol. The molecule has 0 aromatic heterocycles. The lowest BCUT2D eigenvalue weighted by atomic mass is 9.94. The number of aromatic hydroxyl groups is 3. The second-order valence-electron chi connectivity index (χ2n) is 10.0. The highest BCUT2D eigenvalue weighted by molar-refractivity contribution is 6.04. The van der Waals surface area contributed by atoms with E-state index in [0.29, 0.717) is 0 Å². The van der Waals surface area contributed by atoms with Crippen LogP contribution in [-0.2, 0) is 9.47 Å². The summed E-state index contributed by atoms with van der Waals surface area (Å²) in [6.45, 7) is -0.731. The van der Waals surface area contributed by atoms with Crippen molar-refractivity contribution in [2.75, 3.05) is 20.8 Å². The van der Waals surface area contributed by atoms with E-state index in [1.54, 1.807) is 0 Å². The van der Waals surface area contributed by atoms with Crippen LogP contribution in [0.1, 0.15) is 38.8 Å². The number of rotatable bonds is 8. The fourth-order valence-corrected chi connectivity index (χ4v) is 5.06. The van der Waals surface area contributed by atoms with Crippen molar-refractivity contribution in [3.8, 4) is 40.2 Å². The van der Waals surface area contributed by atoms with Crippen molar-refractivity contribution in [3.63, 3.8) is 0 Å². The van der Waals surface area contributed by atoms with Crippen LogP contribution in [0.5, 0.6) is 40.2 Å². The largest absolute Gasteiger partial charge is 0.508 e. The second-order valence-corrected chi connectivity index (χ2v) is 10.0. The fraction of sp³-hybridized carbons (Fsp3) is 0.333. The Morgan fingerprint density at radius 2 is 1.64 bits per heavy atom. The number of methoxy groups -OCH3 is 2. The van der Waals surface area contributed by atoms with Crippen molar-refractivity contribution in [2.45, 2.75) is 43.2 Å². The van der Waals surface area contributed by atoms with E-state index in [9.17, 15) is 40.2 Å². The quantitative estimate of drug-likeness (QED) is 0.199. The maximum atomic E-state index is 13.2. The van der Waals surface area contributed by atoms with Crippen LogP contribution in [0.2, 0.25) is 0 Å². The van der Waals surface area contributed by atoms with E-state index in [-0.39, 0.29) is 63.4 Å². The zero-order valence-electron chi connectivity index (χ0n) is 23.4. The number of benzene rings is 3. The Balaban J connectivity index is 1.44. The first kappa shape index (κ1) is 30.7. The van der Waals surface area contributed by atoms with Crippen molar-refractivity contribution in [2.24, 2.45) is 0 Å². The van der Waals surface area contributed by atoms with Gasteiger partial charge in [-0.1, -0.05) is 0 Å². The Bertz CT molecular complexity index is 1540. The number of aliphatic hydroxyl groups is 3. The van der Waals surface area contributed by atoms with Gasteiger partial charge in [0.05, 0.1) is 32.8 Å². The van der Waals surface area contributed by atoms with Crippen molar-refractivity contribution >= 4 is 11.8 Å². The Morgan fingerprint density at radius 1 is 0.932 bits per heavy atom. The first-order valence-electron chi connectivity index (χ1n) is 13.4. The van der Waals surface area contributed by atoms with Crippen molar-refractivity contribution in [3.05, 3.63) is 65.2 Å². The number of aliphatic hydroxyl groups excluding tert-OH is 3. The summed E-state index contributed by atoms with van der Waals surface area (Å²) in [5.41, 5.74) is 0.0316.